The maximum atomic E-state index is 7.41. The van der Waals surface area contributed by atoms with Crippen LogP contribution in [0, 0.1) is 5.41 Å². The van der Waals surface area contributed by atoms with E-state index in [1.54, 1.807) is 0 Å². The monoisotopic (exact) mass is 232 g/mol. The molecule has 0 aromatic heterocycles. The lowest BCUT2D eigenvalue weighted by Gasteiger charge is -2.37. The average molecular weight is 232 g/mol. The molecule has 17 heavy (non-hydrogen) atoms. The van der Waals surface area contributed by atoms with Gasteiger partial charge in [0.05, 0.1) is 0 Å². The van der Waals surface area contributed by atoms with Gasteiger partial charge in [-0.3, -0.25) is 0 Å². The molecule has 1 fully saturated rings. The molecule has 92 valence electrons. The van der Waals surface area contributed by atoms with Crippen molar-refractivity contribution in [1.29, 1.82) is 5.41 Å². The van der Waals surface area contributed by atoms with E-state index < -0.39 is 0 Å². The molecule has 1 unspecified atom stereocenters. The topological polar surface area (TPSA) is 73.2 Å². The molecule has 2 rings (SSSR count). The second-order valence-corrected chi connectivity index (χ2v) is 4.19. The number of nitrogens with one attached hydrogen (secondary N) is 1. The second kappa shape index (κ2) is 5.80. The fraction of sp³-hybridized carbons (Fsp3) is 0.462. The minimum absolute atomic E-state index is 0.0498. The molecule has 4 nitrogen and oxygen atoms in total. The standard InChI is InChI=1S/C13H18N3O/c14-8-10-4-5-12(11(7-10)9-15)16-13-3-1-2-6-17-13/h4-5,7,9,13,15H,1-3,6,8,14H2/q-1. The summed E-state index contributed by atoms with van der Waals surface area (Å²) in [6, 6.07) is 5.78. The molecule has 0 aliphatic carbocycles. The first-order chi connectivity index (χ1) is 8.33. The summed E-state index contributed by atoms with van der Waals surface area (Å²) in [5, 5.41) is 12.0. The molecule has 1 aliphatic rings. The van der Waals surface area contributed by atoms with Crippen LogP contribution in [0.5, 0.6) is 0 Å². The summed E-state index contributed by atoms with van der Waals surface area (Å²) in [6.45, 7) is 1.27. The smallest absolute Gasteiger partial charge is 0.0449 e. The Labute approximate surface area is 102 Å². The highest BCUT2D eigenvalue weighted by Gasteiger charge is 2.06. The fourth-order valence-corrected chi connectivity index (χ4v) is 1.94. The molecule has 0 amide bonds. The zero-order chi connectivity index (χ0) is 12.1. The van der Waals surface area contributed by atoms with E-state index >= 15 is 0 Å². The van der Waals surface area contributed by atoms with Crippen LogP contribution in [0.2, 0.25) is 0 Å². The SMILES string of the molecule is N=Cc1cc(CN)ccc1[N-]C1CCCCO1. The van der Waals surface area contributed by atoms with Gasteiger partial charge in [-0.15, -0.1) is 5.69 Å². The molecule has 0 saturated carbocycles. The Morgan fingerprint density at radius 2 is 2.35 bits per heavy atom. The molecule has 1 aromatic rings. The molecule has 1 heterocycles. The highest BCUT2D eigenvalue weighted by molar-refractivity contribution is 5.87. The van der Waals surface area contributed by atoms with Crippen molar-refractivity contribution in [3.63, 3.8) is 0 Å². The lowest BCUT2D eigenvalue weighted by atomic mass is 10.1. The third-order valence-electron chi connectivity index (χ3n) is 2.92. The van der Waals surface area contributed by atoms with Crippen LogP contribution in [0.1, 0.15) is 30.4 Å². The van der Waals surface area contributed by atoms with Crippen molar-refractivity contribution in [2.75, 3.05) is 6.61 Å². The van der Waals surface area contributed by atoms with Crippen molar-refractivity contribution in [2.45, 2.75) is 32.0 Å². The van der Waals surface area contributed by atoms with Gasteiger partial charge in [0, 0.05) is 19.4 Å². The van der Waals surface area contributed by atoms with Gasteiger partial charge in [-0.1, -0.05) is 24.6 Å². The number of rotatable bonds is 4. The van der Waals surface area contributed by atoms with E-state index in [-0.39, 0.29) is 6.23 Å². The van der Waals surface area contributed by atoms with E-state index in [1.165, 1.54) is 6.21 Å². The van der Waals surface area contributed by atoms with Gasteiger partial charge in [0.25, 0.3) is 0 Å². The van der Waals surface area contributed by atoms with Crippen molar-refractivity contribution in [3.05, 3.63) is 34.6 Å². The predicted molar refractivity (Wildman–Crippen MR) is 68.8 cm³/mol. The van der Waals surface area contributed by atoms with Gasteiger partial charge in [-0.05, 0) is 30.2 Å². The van der Waals surface area contributed by atoms with Crippen LogP contribution in [-0.2, 0) is 11.3 Å². The third-order valence-corrected chi connectivity index (χ3v) is 2.92. The maximum Gasteiger partial charge on any atom is 0.0449 e. The molecule has 4 heteroatoms. The number of hydrogen-bond acceptors (Lipinski definition) is 3. The number of nitrogens with zero attached hydrogens (tertiary/aromatic N) is 1. The molecule has 1 saturated heterocycles. The van der Waals surface area contributed by atoms with E-state index in [4.69, 9.17) is 15.9 Å². The number of benzene rings is 1. The molecule has 1 aromatic carbocycles. The molecule has 1 aliphatic heterocycles. The number of hydrogen-bond donors (Lipinski definition) is 2. The molecule has 1 atom stereocenters. The minimum atomic E-state index is -0.0498. The first-order valence-electron chi connectivity index (χ1n) is 5.99. The number of ether oxygens (including phenoxy) is 1. The van der Waals surface area contributed by atoms with E-state index in [0.717, 1.165) is 42.7 Å². The van der Waals surface area contributed by atoms with Crippen molar-refractivity contribution >= 4 is 11.9 Å². The first kappa shape index (κ1) is 12.1. The Hall–Kier alpha value is -1.39. The zero-order valence-electron chi connectivity index (χ0n) is 9.86. The summed E-state index contributed by atoms with van der Waals surface area (Å²) >= 11 is 0. The van der Waals surface area contributed by atoms with Crippen LogP contribution >= 0.6 is 0 Å². The fourth-order valence-electron chi connectivity index (χ4n) is 1.94. The summed E-state index contributed by atoms with van der Waals surface area (Å²) < 4.78 is 5.57. The Morgan fingerprint density at radius 3 is 3.00 bits per heavy atom. The van der Waals surface area contributed by atoms with Gasteiger partial charge in [0.15, 0.2) is 0 Å². The lowest BCUT2D eigenvalue weighted by Crippen LogP contribution is -2.17. The minimum Gasteiger partial charge on any atom is -0.659 e. The molecule has 0 radical (unpaired) electrons. The summed E-state index contributed by atoms with van der Waals surface area (Å²) in [5.74, 6) is 0. The Balaban J connectivity index is 2.11. The highest BCUT2D eigenvalue weighted by atomic mass is 16.5. The van der Waals surface area contributed by atoms with Gasteiger partial charge in [-0.2, -0.15) is 0 Å². The Bertz CT molecular complexity index is 386. The van der Waals surface area contributed by atoms with Gasteiger partial charge in [0.2, 0.25) is 0 Å². The van der Waals surface area contributed by atoms with Crippen molar-refractivity contribution in [3.8, 4) is 0 Å². The zero-order valence-corrected chi connectivity index (χ0v) is 9.86. The first-order valence-corrected chi connectivity index (χ1v) is 5.99. The summed E-state index contributed by atoms with van der Waals surface area (Å²) in [6.07, 6.45) is 4.52. The molecule has 0 spiro atoms. The summed E-state index contributed by atoms with van der Waals surface area (Å²) in [7, 11) is 0. The molecular formula is C13H18N3O-. The normalized spacial score (nSPS) is 19.9. The predicted octanol–water partition coefficient (Wildman–Crippen LogP) is 2.67. The number of nitrogens with two attached hydrogens (primary N) is 1. The largest absolute Gasteiger partial charge is 0.659 e. The van der Waals surface area contributed by atoms with Crippen LogP contribution in [0.15, 0.2) is 18.2 Å². The third kappa shape index (κ3) is 3.05. The van der Waals surface area contributed by atoms with E-state index in [9.17, 15) is 0 Å². The van der Waals surface area contributed by atoms with E-state index in [1.807, 2.05) is 18.2 Å². The van der Waals surface area contributed by atoms with Gasteiger partial charge >= 0.3 is 0 Å². The molecule has 3 N–H and O–H groups in total. The van der Waals surface area contributed by atoms with Crippen LogP contribution in [-0.4, -0.2) is 19.0 Å². The van der Waals surface area contributed by atoms with E-state index in [2.05, 4.69) is 5.32 Å². The van der Waals surface area contributed by atoms with Gasteiger partial charge < -0.3 is 21.2 Å². The van der Waals surface area contributed by atoms with E-state index in [0.29, 0.717) is 6.54 Å². The summed E-state index contributed by atoms with van der Waals surface area (Å²) in [5.41, 5.74) is 8.23. The van der Waals surface area contributed by atoms with Crippen molar-refractivity contribution < 1.29 is 4.74 Å². The Kier molecular flexibility index (Phi) is 4.12. The van der Waals surface area contributed by atoms with Gasteiger partial charge in [-0.25, -0.2) is 0 Å². The summed E-state index contributed by atoms with van der Waals surface area (Å²) in [4.78, 5) is 0. The highest BCUT2D eigenvalue weighted by Crippen LogP contribution is 2.30. The van der Waals surface area contributed by atoms with Crippen LogP contribution < -0.4 is 5.73 Å². The average Bonchev–Trinajstić information content (AvgIpc) is 2.40. The molecular weight excluding hydrogens is 214 g/mol. The lowest BCUT2D eigenvalue weighted by molar-refractivity contribution is 0.0420. The Morgan fingerprint density at radius 1 is 1.47 bits per heavy atom. The van der Waals surface area contributed by atoms with Crippen molar-refractivity contribution in [2.24, 2.45) is 5.73 Å². The molecule has 0 bridgehead atoms. The van der Waals surface area contributed by atoms with Gasteiger partial charge in [0.1, 0.15) is 0 Å². The van der Waals surface area contributed by atoms with Crippen LogP contribution in [0.3, 0.4) is 0 Å². The quantitative estimate of drug-likeness (QED) is 0.783. The van der Waals surface area contributed by atoms with Crippen molar-refractivity contribution in [1.82, 2.24) is 0 Å². The van der Waals surface area contributed by atoms with Crippen LogP contribution in [0.4, 0.5) is 5.69 Å². The second-order valence-electron chi connectivity index (χ2n) is 4.19. The maximum absolute atomic E-state index is 7.41. The van der Waals surface area contributed by atoms with Crippen LogP contribution in [0.25, 0.3) is 5.32 Å².